The van der Waals surface area contributed by atoms with Gasteiger partial charge >= 0.3 is 0 Å². The fourth-order valence-corrected chi connectivity index (χ4v) is 2.15. The highest BCUT2D eigenvalue weighted by Gasteiger charge is 2.11. The van der Waals surface area contributed by atoms with Gasteiger partial charge in [0.15, 0.2) is 0 Å². The molecule has 4 nitrogen and oxygen atoms in total. The maximum atomic E-state index is 9.94. The van der Waals surface area contributed by atoms with E-state index in [1.165, 1.54) is 0 Å². The summed E-state index contributed by atoms with van der Waals surface area (Å²) in [6, 6.07) is 13.0. The van der Waals surface area contributed by atoms with Crippen LogP contribution in [0.4, 0.5) is 0 Å². The number of aliphatic hydroxyl groups excluding tert-OH is 1. The molecule has 0 bridgehead atoms. The molecule has 0 heterocycles. The first-order valence-corrected chi connectivity index (χ1v) is 6.93. The van der Waals surface area contributed by atoms with Gasteiger partial charge in [0.2, 0.25) is 0 Å². The molecule has 112 valence electrons. The van der Waals surface area contributed by atoms with E-state index in [0.717, 1.165) is 22.4 Å². The largest absolute Gasteiger partial charge is 0.508 e. The monoisotopic (exact) mass is 287 g/mol. The summed E-state index contributed by atoms with van der Waals surface area (Å²) in [6.07, 6.45) is 0. The lowest BCUT2D eigenvalue weighted by Crippen LogP contribution is -2.18. The van der Waals surface area contributed by atoms with Crippen molar-refractivity contribution in [3.05, 3.63) is 59.2 Å². The molecule has 0 spiro atoms. The van der Waals surface area contributed by atoms with Crippen molar-refractivity contribution in [1.29, 1.82) is 0 Å². The molecule has 0 fully saturated rings. The molecule has 21 heavy (non-hydrogen) atoms. The molecule has 1 atom stereocenters. The lowest BCUT2D eigenvalue weighted by Gasteiger charge is -2.16. The second-order valence-corrected chi connectivity index (χ2v) is 5.00. The zero-order chi connectivity index (χ0) is 15.2. The lowest BCUT2D eigenvalue weighted by molar-refractivity contribution is 0.282. The highest BCUT2D eigenvalue weighted by molar-refractivity contribution is 5.41. The first-order valence-electron chi connectivity index (χ1n) is 6.93. The molecule has 0 aliphatic heterocycles. The van der Waals surface area contributed by atoms with Crippen LogP contribution in [0.15, 0.2) is 42.5 Å². The van der Waals surface area contributed by atoms with E-state index >= 15 is 0 Å². The standard InChI is InChI=1S/C17H21NO3/c1-12(16-9-15(21-2)7-8-17(16)20)18-10-13-3-5-14(11-19)6-4-13/h3-9,12,18-20H,10-11H2,1-2H3. The number of methoxy groups -OCH3 is 1. The minimum Gasteiger partial charge on any atom is -0.508 e. The number of rotatable bonds is 6. The third kappa shape index (κ3) is 3.97. The summed E-state index contributed by atoms with van der Waals surface area (Å²) in [5.74, 6) is 0.982. The van der Waals surface area contributed by atoms with Crippen LogP contribution in [0.25, 0.3) is 0 Å². The van der Waals surface area contributed by atoms with E-state index < -0.39 is 0 Å². The molecule has 1 unspecified atom stereocenters. The van der Waals surface area contributed by atoms with E-state index in [1.807, 2.05) is 37.3 Å². The number of aromatic hydroxyl groups is 1. The number of phenolic OH excluding ortho intramolecular Hbond substituents is 1. The summed E-state index contributed by atoms with van der Waals surface area (Å²) in [5, 5.41) is 22.3. The summed E-state index contributed by atoms with van der Waals surface area (Å²) in [7, 11) is 1.61. The Morgan fingerprint density at radius 1 is 1.10 bits per heavy atom. The number of benzene rings is 2. The minimum atomic E-state index is -0.00221. The van der Waals surface area contributed by atoms with Crippen LogP contribution < -0.4 is 10.1 Å². The fraction of sp³-hybridized carbons (Fsp3) is 0.294. The summed E-state index contributed by atoms with van der Waals surface area (Å²) in [6.45, 7) is 2.74. The van der Waals surface area contributed by atoms with Crippen molar-refractivity contribution in [3.8, 4) is 11.5 Å². The summed E-state index contributed by atoms with van der Waals surface area (Å²) in [4.78, 5) is 0. The molecule has 0 aliphatic rings. The van der Waals surface area contributed by atoms with Crippen LogP contribution in [0.1, 0.15) is 29.7 Å². The maximum Gasteiger partial charge on any atom is 0.120 e. The molecule has 2 aromatic rings. The zero-order valence-electron chi connectivity index (χ0n) is 12.3. The van der Waals surface area contributed by atoms with Gasteiger partial charge in [-0.05, 0) is 36.2 Å². The van der Waals surface area contributed by atoms with Crippen molar-refractivity contribution in [2.75, 3.05) is 7.11 Å². The van der Waals surface area contributed by atoms with Crippen molar-refractivity contribution >= 4 is 0 Å². The first-order chi connectivity index (χ1) is 10.1. The van der Waals surface area contributed by atoms with E-state index in [9.17, 15) is 5.11 Å². The van der Waals surface area contributed by atoms with Gasteiger partial charge in [-0.25, -0.2) is 0 Å². The van der Waals surface area contributed by atoms with Gasteiger partial charge in [-0.2, -0.15) is 0 Å². The Labute approximate surface area is 125 Å². The molecule has 2 aromatic carbocycles. The minimum absolute atomic E-state index is 0.00221. The summed E-state index contributed by atoms with van der Waals surface area (Å²) < 4.78 is 5.19. The van der Waals surface area contributed by atoms with Gasteiger partial charge in [0.05, 0.1) is 13.7 Å². The molecular weight excluding hydrogens is 266 g/mol. The third-order valence-corrected chi connectivity index (χ3v) is 3.52. The molecule has 4 heteroatoms. The number of nitrogens with one attached hydrogen (secondary N) is 1. The highest BCUT2D eigenvalue weighted by atomic mass is 16.5. The third-order valence-electron chi connectivity index (χ3n) is 3.52. The van der Waals surface area contributed by atoms with Gasteiger partial charge in [-0.15, -0.1) is 0 Å². The number of aliphatic hydroxyl groups is 1. The van der Waals surface area contributed by atoms with Crippen molar-refractivity contribution in [1.82, 2.24) is 5.32 Å². The SMILES string of the molecule is COc1ccc(O)c(C(C)NCc2ccc(CO)cc2)c1. The second-order valence-electron chi connectivity index (χ2n) is 5.00. The molecule has 2 rings (SSSR count). The van der Waals surface area contributed by atoms with Crippen LogP contribution in [0.3, 0.4) is 0 Å². The lowest BCUT2D eigenvalue weighted by atomic mass is 10.1. The van der Waals surface area contributed by atoms with E-state index in [0.29, 0.717) is 6.54 Å². The number of hydrogen-bond acceptors (Lipinski definition) is 4. The van der Waals surface area contributed by atoms with Gasteiger partial charge in [0, 0.05) is 18.2 Å². The van der Waals surface area contributed by atoms with E-state index in [1.54, 1.807) is 19.2 Å². The van der Waals surface area contributed by atoms with Crippen molar-refractivity contribution < 1.29 is 14.9 Å². The average molecular weight is 287 g/mol. The molecule has 0 aromatic heterocycles. The topological polar surface area (TPSA) is 61.7 Å². The van der Waals surface area contributed by atoms with Gasteiger partial charge < -0.3 is 20.3 Å². The van der Waals surface area contributed by atoms with Crippen LogP contribution in [0.2, 0.25) is 0 Å². The smallest absolute Gasteiger partial charge is 0.120 e. The van der Waals surface area contributed by atoms with Crippen molar-refractivity contribution in [2.45, 2.75) is 26.1 Å². The average Bonchev–Trinajstić information content (AvgIpc) is 2.53. The van der Waals surface area contributed by atoms with E-state index in [-0.39, 0.29) is 18.4 Å². The fourth-order valence-electron chi connectivity index (χ4n) is 2.15. The molecule has 0 saturated carbocycles. The Morgan fingerprint density at radius 3 is 2.38 bits per heavy atom. The Bertz CT molecular complexity index is 581. The number of hydrogen-bond donors (Lipinski definition) is 3. The zero-order valence-corrected chi connectivity index (χ0v) is 12.3. The van der Waals surface area contributed by atoms with Crippen LogP contribution >= 0.6 is 0 Å². The first kappa shape index (κ1) is 15.4. The van der Waals surface area contributed by atoms with Crippen molar-refractivity contribution in [2.24, 2.45) is 0 Å². The summed E-state index contributed by atoms with van der Waals surface area (Å²) >= 11 is 0. The highest BCUT2D eigenvalue weighted by Crippen LogP contribution is 2.28. The Kier molecular flexibility index (Phi) is 5.20. The molecule has 0 aliphatic carbocycles. The molecule has 3 N–H and O–H groups in total. The van der Waals surface area contributed by atoms with Crippen LogP contribution in [0, 0.1) is 0 Å². The van der Waals surface area contributed by atoms with Crippen molar-refractivity contribution in [3.63, 3.8) is 0 Å². The van der Waals surface area contributed by atoms with E-state index in [2.05, 4.69) is 5.32 Å². The second kappa shape index (κ2) is 7.11. The number of ether oxygens (including phenoxy) is 1. The van der Waals surface area contributed by atoms with Gasteiger partial charge in [-0.3, -0.25) is 0 Å². The normalized spacial score (nSPS) is 12.1. The Balaban J connectivity index is 2.02. The molecule has 0 saturated heterocycles. The van der Waals surface area contributed by atoms with Gasteiger partial charge in [0.1, 0.15) is 11.5 Å². The predicted octanol–water partition coefficient (Wildman–Crippen LogP) is 2.74. The van der Waals surface area contributed by atoms with Crippen LogP contribution in [0.5, 0.6) is 11.5 Å². The molecule has 0 radical (unpaired) electrons. The Hall–Kier alpha value is -2.04. The Morgan fingerprint density at radius 2 is 1.76 bits per heavy atom. The maximum absolute atomic E-state index is 9.94. The predicted molar refractivity (Wildman–Crippen MR) is 82.3 cm³/mol. The van der Waals surface area contributed by atoms with Gasteiger partial charge in [-0.1, -0.05) is 24.3 Å². The van der Waals surface area contributed by atoms with E-state index in [4.69, 9.17) is 9.84 Å². The van der Waals surface area contributed by atoms with Crippen LogP contribution in [-0.4, -0.2) is 17.3 Å². The summed E-state index contributed by atoms with van der Waals surface area (Å²) in [5.41, 5.74) is 2.83. The quantitative estimate of drug-likeness (QED) is 0.764. The molecule has 0 amide bonds. The molecular formula is C17H21NO3. The number of phenols is 1. The van der Waals surface area contributed by atoms with Crippen LogP contribution in [-0.2, 0) is 13.2 Å². The van der Waals surface area contributed by atoms with Gasteiger partial charge in [0.25, 0.3) is 0 Å².